The summed E-state index contributed by atoms with van der Waals surface area (Å²) in [5, 5.41) is 0. The predicted octanol–water partition coefficient (Wildman–Crippen LogP) is 1.29. The molecule has 0 radical (unpaired) electrons. The third-order valence-electron chi connectivity index (χ3n) is 5.93. The number of rotatable bonds is 3. The van der Waals surface area contributed by atoms with Crippen LogP contribution >= 0.6 is 0 Å². The van der Waals surface area contributed by atoms with E-state index < -0.39 is 0 Å². The molecular weight excluding hydrogens is 368 g/mol. The zero-order valence-corrected chi connectivity index (χ0v) is 16.7. The van der Waals surface area contributed by atoms with Crippen molar-refractivity contribution in [3.8, 4) is 0 Å². The highest BCUT2D eigenvalue weighted by molar-refractivity contribution is 5.78. The monoisotopic (exact) mass is 396 g/mol. The first-order valence-corrected chi connectivity index (χ1v) is 10.4. The highest BCUT2D eigenvalue weighted by Crippen LogP contribution is 2.34. The third kappa shape index (κ3) is 3.70. The van der Waals surface area contributed by atoms with E-state index in [1.54, 1.807) is 0 Å². The SMILES string of the molecule is Nc1c(N2CCOCC2)nc(N2CCc3ccccc3C2)nc1N1CCOCC1. The molecule has 0 unspecified atom stereocenters. The molecule has 0 atom stereocenters. The molecule has 2 fully saturated rings. The van der Waals surface area contributed by atoms with Crippen molar-refractivity contribution < 1.29 is 9.47 Å². The Morgan fingerprint density at radius 2 is 1.28 bits per heavy atom. The van der Waals surface area contributed by atoms with Crippen molar-refractivity contribution >= 4 is 23.3 Å². The van der Waals surface area contributed by atoms with Gasteiger partial charge in [0.2, 0.25) is 5.95 Å². The molecule has 2 N–H and O–H groups in total. The summed E-state index contributed by atoms with van der Waals surface area (Å²) in [5.74, 6) is 2.42. The predicted molar refractivity (Wildman–Crippen MR) is 114 cm³/mol. The molecule has 3 aliphatic rings. The summed E-state index contributed by atoms with van der Waals surface area (Å²) < 4.78 is 11.1. The first kappa shape index (κ1) is 18.4. The molecule has 29 heavy (non-hydrogen) atoms. The maximum Gasteiger partial charge on any atom is 0.229 e. The number of benzene rings is 1. The van der Waals surface area contributed by atoms with Crippen molar-refractivity contribution in [2.45, 2.75) is 13.0 Å². The highest BCUT2D eigenvalue weighted by Gasteiger charge is 2.26. The highest BCUT2D eigenvalue weighted by atomic mass is 16.5. The van der Waals surface area contributed by atoms with Crippen LogP contribution in [0.1, 0.15) is 11.1 Å². The Bertz CT molecular complexity index is 825. The summed E-state index contributed by atoms with van der Waals surface area (Å²) in [7, 11) is 0. The lowest BCUT2D eigenvalue weighted by Crippen LogP contribution is -2.41. The maximum absolute atomic E-state index is 6.61. The number of hydrogen-bond acceptors (Lipinski definition) is 8. The van der Waals surface area contributed by atoms with Gasteiger partial charge in [0.1, 0.15) is 5.69 Å². The lowest BCUT2D eigenvalue weighted by atomic mass is 10.0. The van der Waals surface area contributed by atoms with Crippen molar-refractivity contribution in [2.24, 2.45) is 0 Å². The van der Waals surface area contributed by atoms with Crippen LogP contribution in [0.15, 0.2) is 24.3 Å². The van der Waals surface area contributed by atoms with E-state index in [-0.39, 0.29) is 0 Å². The van der Waals surface area contributed by atoms with Crippen LogP contribution in [0.25, 0.3) is 0 Å². The molecule has 154 valence electrons. The molecule has 3 aliphatic heterocycles. The smallest absolute Gasteiger partial charge is 0.229 e. The molecule has 0 saturated carbocycles. The Morgan fingerprint density at radius 1 is 0.724 bits per heavy atom. The van der Waals surface area contributed by atoms with Crippen LogP contribution in [0.5, 0.6) is 0 Å². The van der Waals surface area contributed by atoms with E-state index in [1.807, 2.05) is 0 Å². The second-order valence-corrected chi connectivity index (χ2v) is 7.72. The minimum atomic E-state index is 0.662. The second kappa shape index (κ2) is 8.04. The van der Waals surface area contributed by atoms with Crippen molar-refractivity contribution in [3.05, 3.63) is 35.4 Å². The topological polar surface area (TPSA) is 80.0 Å². The quantitative estimate of drug-likeness (QED) is 0.832. The van der Waals surface area contributed by atoms with Crippen LogP contribution in [-0.4, -0.2) is 69.1 Å². The minimum Gasteiger partial charge on any atom is -0.393 e. The van der Waals surface area contributed by atoms with Crippen molar-refractivity contribution in [1.82, 2.24) is 9.97 Å². The molecule has 8 heteroatoms. The van der Waals surface area contributed by atoms with E-state index in [1.165, 1.54) is 11.1 Å². The fourth-order valence-corrected chi connectivity index (χ4v) is 4.28. The van der Waals surface area contributed by atoms with Crippen LogP contribution in [0.3, 0.4) is 0 Å². The largest absolute Gasteiger partial charge is 0.393 e. The van der Waals surface area contributed by atoms with Gasteiger partial charge >= 0.3 is 0 Å². The Labute approximate surface area is 171 Å². The molecule has 1 aromatic heterocycles. The first-order valence-electron chi connectivity index (χ1n) is 10.4. The second-order valence-electron chi connectivity index (χ2n) is 7.72. The Balaban J connectivity index is 1.52. The summed E-state index contributed by atoms with van der Waals surface area (Å²) in [4.78, 5) is 16.6. The molecule has 8 nitrogen and oxygen atoms in total. The fraction of sp³-hybridized carbons (Fsp3) is 0.524. The van der Waals surface area contributed by atoms with E-state index >= 15 is 0 Å². The summed E-state index contributed by atoms with van der Waals surface area (Å²) in [6, 6.07) is 8.63. The van der Waals surface area contributed by atoms with E-state index in [9.17, 15) is 0 Å². The van der Waals surface area contributed by atoms with E-state index in [4.69, 9.17) is 25.2 Å². The average molecular weight is 396 g/mol. The molecule has 1 aromatic carbocycles. The van der Waals surface area contributed by atoms with Crippen LogP contribution < -0.4 is 20.4 Å². The number of aromatic nitrogens is 2. The normalized spacial score (nSPS) is 19.9. The molecule has 0 spiro atoms. The Hall–Kier alpha value is -2.58. The molecule has 4 heterocycles. The molecule has 2 aromatic rings. The van der Waals surface area contributed by atoms with E-state index in [2.05, 4.69) is 39.0 Å². The van der Waals surface area contributed by atoms with Gasteiger partial charge in [0.25, 0.3) is 0 Å². The summed E-state index contributed by atoms with van der Waals surface area (Å²) in [6.07, 6.45) is 1.00. The van der Waals surface area contributed by atoms with Gasteiger partial charge in [-0.15, -0.1) is 0 Å². The van der Waals surface area contributed by atoms with Crippen LogP contribution in [-0.2, 0) is 22.4 Å². The van der Waals surface area contributed by atoms with Crippen molar-refractivity contribution in [1.29, 1.82) is 0 Å². The van der Waals surface area contributed by atoms with Crippen LogP contribution in [0.4, 0.5) is 23.3 Å². The van der Waals surface area contributed by atoms with Crippen LogP contribution in [0, 0.1) is 0 Å². The molecule has 0 bridgehead atoms. The van der Waals surface area contributed by atoms with Gasteiger partial charge in [-0.25, -0.2) is 0 Å². The zero-order chi connectivity index (χ0) is 19.6. The number of hydrogen-bond donors (Lipinski definition) is 1. The van der Waals surface area contributed by atoms with Gasteiger partial charge < -0.3 is 29.9 Å². The molecule has 5 rings (SSSR count). The van der Waals surface area contributed by atoms with Gasteiger partial charge in [-0.2, -0.15) is 9.97 Å². The number of ether oxygens (including phenoxy) is 2. The number of nitrogens with zero attached hydrogens (tertiary/aromatic N) is 5. The average Bonchev–Trinajstić information content (AvgIpc) is 2.80. The summed E-state index contributed by atoms with van der Waals surface area (Å²) in [6.45, 7) is 7.71. The number of fused-ring (bicyclic) bond motifs is 1. The molecule has 0 amide bonds. The Kier molecular flexibility index (Phi) is 5.12. The number of nitrogen functional groups attached to an aromatic ring is 1. The number of nitrogens with two attached hydrogens (primary N) is 1. The van der Waals surface area contributed by atoms with E-state index in [0.29, 0.717) is 32.1 Å². The zero-order valence-electron chi connectivity index (χ0n) is 16.7. The van der Waals surface area contributed by atoms with Crippen molar-refractivity contribution in [3.63, 3.8) is 0 Å². The van der Waals surface area contributed by atoms with Gasteiger partial charge in [0.05, 0.1) is 26.4 Å². The minimum absolute atomic E-state index is 0.662. The standard InChI is InChI=1S/C21H28N6O2/c22-18-19(25-7-11-28-12-8-25)23-21(24-20(18)26-9-13-29-14-10-26)27-6-5-16-3-1-2-4-17(16)15-27/h1-4H,5-15,22H2. The van der Waals surface area contributed by atoms with Gasteiger partial charge in [-0.1, -0.05) is 24.3 Å². The summed E-state index contributed by atoms with van der Waals surface area (Å²) >= 11 is 0. The van der Waals surface area contributed by atoms with Gasteiger partial charge in [-0.05, 0) is 17.5 Å². The lowest BCUT2D eigenvalue weighted by molar-refractivity contribution is 0.122. The molecular formula is C21H28N6O2. The van der Waals surface area contributed by atoms with Gasteiger partial charge in [0.15, 0.2) is 11.6 Å². The summed E-state index contributed by atoms with van der Waals surface area (Å²) in [5.41, 5.74) is 10.0. The van der Waals surface area contributed by atoms with E-state index in [0.717, 1.165) is 63.3 Å². The lowest BCUT2D eigenvalue weighted by Gasteiger charge is -2.35. The van der Waals surface area contributed by atoms with Gasteiger partial charge in [0, 0.05) is 39.3 Å². The van der Waals surface area contributed by atoms with Crippen molar-refractivity contribution in [2.75, 3.05) is 79.6 Å². The fourth-order valence-electron chi connectivity index (χ4n) is 4.28. The Morgan fingerprint density at radius 3 is 1.86 bits per heavy atom. The van der Waals surface area contributed by atoms with Crippen LogP contribution in [0.2, 0.25) is 0 Å². The number of morpholine rings is 2. The first-order chi connectivity index (χ1) is 14.3. The molecule has 0 aliphatic carbocycles. The number of anilines is 4. The third-order valence-corrected chi connectivity index (χ3v) is 5.93. The molecule has 2 saturated heterocycles. The maximum atomic E-state index is 6.61. The van der Waals surface area contributed by atoms with Gasteiger partial charge in [-0.3, -0.25) is 0 Å².